The fraction of sp³-hybridized carbons (Fsp3) is 1.00. The van der Waals surface area contributed by atoms with Gasteiger partial charge in [-0.15, -0.1) is 0 Å². The van der Waals surface area contributed by atoms with Gasteiger partial charge >= 0.3 is 0 Å². The Morgan fingerprint density at radius 1 is 1.29 bits per heavy atom. The van der Waals surface area contributed by atoms with Crippen LogP contribution < -0.4 is 5.32 Å². The van der Waals surface area contributed by atoms with Crippen molar-refractivity contribution < 1.29 is 0 Å². The van der Waals surface area contributed by atoms with E-state index in [0.29, 0.717) is 11.5 Å². The molecule has 0 amide bonds. The molecule has 1 rings (SSSR count). The highest BCUT2D eigenvalue weighted by Crippen LogP contribution is 2.20. The van der Waals surface area contributed by atoms with Crippen LogP contribution in [0.3, 0.4) is 0 Å². The second-order valence-corrected chi connectivity index (χ2v) is 7.19. The van der Waals surface area contributed by atoms with Gasteiger partial charge in [0.25, 0.3) is 0 Å². The Labute approximate surface area is 108 Å². The number of rotatable bonds is 4. The summed E-state index contributed by atoms with van der Waals surface area (Å²) < 4.78 is 0. The van der Waals surface area contributed by atoms with Gasteiger partial charge in [0.2, 0.25) is 0 Å². The fourth-order valence-electron chi connectivity index (χ4n) is 2.61. The van der Waals surface area contributed by atoms with Crippen molar-refractivity contribution in [3.8, 4) is 0 Å². The molecule has 1 saturated heterocycles. The lowest BCUT2D eigenvalue weighted by atomic mass is 9.92. The summed E-state index contributed by atoms with van der Waals surface area (Å²) in [6, 6.07) is 1.42. The molecule has 0 saturated carbocycles. The summed E-state index contributed by atoms with van der Waals surface area (Å²) in [7, 11) is 0. The Hall–Kier alpha value is -0.0800. The number of nitrogens with one attached hydrogen (secondary N) is 1. The van der Waals surface area contributed by atoms with Gasteiger partial charge in [0.15, 0.2) is 0 Å². The zero-order valence-corrected chi connectivity index (χ0v) is 12.7. The maximum Gasteiger partial charge on any atom is 0.0198 e. The molecule has 2 nitrogen and oxygen atoms in total. The van der Waals surface area contributed by atoms with Crippen LogP contribution in [0.1, 0.15) is 54.4 Å². The van der Waals surface area contributed by atoms with E-state index >= 15 is 0 Å². The first-order valence-electron chi connectivity index (χ1n) is 7.29. The molecule has 0 aromatic rings. The molecule has 0 radical (unpaired) electrons. The van der Waals surface area contributed by atoms with Crippen molar-refractivity contribution in [2.24, 2.45) is 11.3 Å². The summed E-state index contributed by atoms with van der Waals surface area (Å²) in [5, 5.41) is 3.76. The van der Waals surface area contributed by atoms with E-state index < -0.39 is 0 Å². The van der Waals surface area contributed by atoms with Crippen LogP contribution in [0.25, 0.3) is 0 Å². The summed E-state index contributed by atoms with van der Waals surface area (Å²) in [5.74, 6) is 0.829. The van der Waals surface area contributed by atoms with Crippen LogP contribution in [0, 0.1) is 11.3 Å². The van der Waals surface area contributed by atoms with Crippen molar-refractivity contribution in [2.45, 2.75) is 66.5 Å². The maximum absolute atomic E-state index is 3.76. The minimum Gasteiger partial charge on any atom is -0.312 e. The van der Waals surface area contributed by atoms with Crippen LogP contribution in [-0.2, 0) is 0 Å². The van der Waals surface area contributed by atoms with Gasteiger partial charge in [0.1, 0.15) is 0 Å². The molecule has 102 valence electrons. The third kappa shape index (κ3) is 5.39. The molecule has 0 spiro atoms. The standard InChI is InChI=1S/C15H32N2/c1-7-13(3)17-9-12(2)8-14(10-17)16-11-15(4,5)6/h12-14,16H,7-11H2,1-6H3. The van der Waals surface area contributed by atoms with Crippen LogP contribution in [-0.4, -0.2) is 36.6 Å². The molecular weight excluding hydrogens is 208 g/mol. The molecule has 3 atom stereocenters. The van der Waals surface area contributed by atoms with E-state index in [2.05, 4.69) is 51.8 Å². The van der Waals surface area contributed by atoms with Crippen molar-refractivity contribution in [3.63, 3.8) is 0 Å². The van der Waals surface area contributed by atoms with Crippen molar-refractivity contribution in [2.75, 3.05) is 19.6 Å². The van der Waals surface area contributed by atoms with Crippen molar-refractivity contribution in [3.05, 3.63) is 0 Å². The summed E-state index contributed by atoms with van der Waals surface area (Å²) in [4.78, 5) is 2.66. The fourth-order valence-corrected chi connectivity index (χ4v) is 2.61. The Bertz CT molecular complexity index is 219. The molecule has 1 N–H and O–H groups in total. The second-order valence-electron chi connectivity index (χ2n) is 7.19. The number of likely N-dealkylation sites (tertiary alicyclic amines) is 1. The lowest BCUT2D eigenvalue weighted by Crippen LogP contribution is -2.52. The molecule has 17 heavy (non-hydrogen) atoms. The van der Waals surface area contributed by atoms with E-state index in [9.17, 15) is 0 Å². The molecular formula is C15H32N2. The van der Waals surface area contributed by atoms with Crippen LogP contribution >= 0.6 is 0 Å². The first-order valence-corrected chi connectivity index (χ1v) is 7.29. The largest absolute Gasteiger partial charge is 0.312 e. The minimum absolute atomic E-state index is 0.391. The highest BCUT2D eigenvalue weighted by atomic mass is 15.2. The normalized spacial score (nSPS) is 29.3. The van der Waals surface area contributed by atoms with Gasteiger partial charge < -0.3 is 5.32 Å². The number of piperidine rings is 1. The first-order chi connectivity index (χ1) is 7.81. The second kappa shape index (κ2) is 6.19. The van der Waals surface area contributed by atoms with Gasteiger partial charge in [-0.1, -0.05) is 34.6 Å². The lowest BCUT2D eigenvalue weighted by Gasteiger charge is -2.40. The Morgan fingerprint density at radius 3 is 2.47 bits per heavy atom. The lowest BCUT2D eigenvalue weighted by molar-refractivity contribution is 0.105. The molecule has 2 heteroatoms. The Morgan fingerprint density at radius 2 is 1.94 bits per heavy atom. The molecule has 0 bridgehead atoms. The van der Waals surface area contributed by atoms with Gasteiger partial charge in [0, 0.05) is 31.7 Å². The molecule has 3 unspecified atom stereocenters. The van der Waals surface area contributed by atoms with Crippen molar-refractivity contribution in [1.82, 2.24) is 10.2 Å². The zero-order valence-electron chi connectivity index (χ0n) is 12.7. The van der Waals surface area contributed by atoms with Crippen LogP contribution in [0.4, 0.5) is 0 Å². The Kier molecular flexibility index (Phi) is 5.46. The maximum atomic E-state index is 3.76. The van der Waals surface area contributed by atoms with E-state index in [-0.39, 0.29) is 0 Å². The van der Waals surface area contributed by atoms with Gasteiger partial charge in [-0.3, -0.25) is 4.90 Å². The number of hydrogen-bond donors (Lipinski definition) is 1. The Balaban J connectivity index is 2.45. The molecule has 0 aliphatic carbocycles. The van der Waals surface area contributed by atoms with E-state index in [1.807, 2.05) is 0 Å². The molecule has 1 aliphatic rings. The highest BCUT2D eigenvalue weighted by Gasteiger charge is 2.27. The summed E-state index contributed by atoms with van der Waals surface area (Å²) in [5.41, 5.74) is 0.391. The van der Waals surface area contributed by atoms with E-state index in [0.717, 1.165) is 18.5 Å². The third-order valence-electron chi connectivity index (χ3n) is 3.82. The molecule has 0 aromatic carbocycles. The van der Waals surface area contributed by atoms with Crippen molar-refractivity contribution in [1.29, 1.82) is 0 Å². The van der Waals surface area contributed by atoms with Crippen molar-refractivity contribution >= 4 is 0 Å². The smallest absolute Gasteiger partial charge is 0.0198 e. The van der Waals surface area contributed by atoms with Crippen LogP contribution in [0.2, 0.25) is 0 Å². The molecule has 1 heterocycles. The monoisotopic (exact) mass is 240 g/mol. The summed E-state index contributed by atoms with van der Waals surface area (Å²) in [6.45, 7) is 17.6. The predicted octanol–water partition coefficient (Wildman–Crippen LogP) is 3.13. The molecule has 1 aliphatic heterocycles. The average molecular weight is 240 g/mol. The quantitative estimate of drug-likeness (QED) is 0.812. The van der Waals surface area contributed by atoms with E-state index in [1.165, 1.54) is 25.9 Å². The van der Waals surface area contributed by atoms with Crippen LogP contribution in [0.5, 0.6) is 0 Å². The molecule has 0 aromatic heterocycles. The van der Waals surface area contributed by atoms with E-state index in [4.69, 9.17) is 0 Å². The van der Waals surface area contributed by atoms with Gasteiger partial charge in [-0.2, -0.15) is 0 Å². The third-order valence-corrected chi connectivity index (χ3v) is 3.82. The van der Waals surface area contributed by atoms with Crippen LogP contribution in [0.15, 0.2) is 0 Å². The molecule has 1 fully saturated rings. The SMILES string of the molecule is CCC(C)N1CC(C)CC(NCC(C)(C)C)C1. The van der Waals surface area contributed by atoms with E-state index in [1.54, 1.807) is 0 Å². The first kappa shape index (κ1) is 15.0. The van der Waals surface area contributed by atoms with Gasteiger partial charge in [0.05, 0.1) is 0 Å². The highest BCUT2D eigenvalue weighted by molar-refractivity contribution is 4.85. The van der Waals surface area contributed by atoms with Gasteiger partial charge in [-0.25, -0.2) is 0 Å². The summed E-state index contributed by atoms with van der Waals surface area (Å²) >= 11 is 0. The predicted molar refractivity (Wildman–Crippen MR) is 76.4 cm³/mol. The minimum atomic E-state index is 0.391. The summed E-state index contributed by atoms with van der Waals surface area (Å²) in [6.07, 6.45) is 2.60. The van der Waals surface area contributed by atoms with Gasteiger partial charge in [-0.05, 0) is 31.1 Å². The average Bonchev–Trinajstić information content (AvgIpc) is 2.23. The zero-order chi connectivity index (χ0) is 13.1. The number of nitrogens with zero attached hydrogens (tertiary/aromatic N) is 1. The topological polar surface area (TPSA) is 15.3 Å². The number of hydrogen-bond acceptors (Lipinski definition) is 2.